The highest BCUT2D eigenvalue weighted by Crippen LogP contribution is 2.70. The van der Waals surface area contributed by atoms with Crippen molar-refractivity contribution >= 4 is 17.7 Å². The number of hydrogen-bond acceptors (Lipinski definition) is 7. The Morgan fingerprint density at radius 1 is 1.26 bits per heavy atom. The molecular formula is C18H23N5O4. The number of aliphatic hydroxyl groups is 1. The molecule has 27 heavy (non-hydrogen) atoms. The number of aromatic nitrogens is 3. The molecule has 0 radical (unpaired) electrons. The fourth-order valence-electron chi connectivity index (χ4n) is 4.45. The highest BCUT2D eigenvalue weighted by atomic mass is 16.8. The number of aliphatic imine (C=N–C) groups is 1. The second-order valence-corrected chi connectivity index (χ2v) is 8.23. The first-order chi connectivity index (χ1) is 12.7. The topological polar surface area (TPSA) is 93.7 Å². The predicted molar refractivity (Wildman–Crippen MR) is 95.8 cm³/mol. The van der Waals surface area contributed by atoms with Gasteiger partial charge in [0.15, 0.2) is 17.2 Å². The average molecular weight is 373 g/mol. The lowest BCUT2D eigenvalue weighted by molar-refractivity contribution is -0.186. The molecular weight excluding hydrogens is 350 g/mol. The van der Waals surface area contributed by atoms with Crippen molar-refractivity contribution in [2.45, 2.75) is 56.1 Å². The zero-order chi connectivity index (χ0) is 19.2. The average Bonchev–Trinajstić information content (AvgIpc) is 3.03. The van der Waals surface area contributed by atoms with Crippen LogP contribution in [-0.4, -0.2) is 74.2 Å². The van der Waals surface area contributed by atoms with Crippen LogP contribution in [0.4, 0.5) is 5.82 Å². The molecule has 0 aromatic carbocycles. The van der Waals surface area contributed by atoms with Crippen molar-refractivity contribution < 1.29 is 19.3 Å². The summed E-state index contributed by atoms with van der Waals surface area (Å²) in [5.41, 5.74) is -0.0450. The van der Waals surface area contributed by atoms with E-state index in [-0.39, 0.29) is 0 Å². The van der Waals surface area contributed by atoms with Crippen LogP contribution in [0.5, 0.6) is 0 Å². The van der Waals surface area contributed by atoms with Crippen molar-refractivity contribution in [2.24, 2.45) is 4.99 Å². The summed E-state index contributed by atoms with van der Waals surface area (Å²) < 4.78 is 20.3. The van der Waals surface area contributed by atoms with Gasteiger partial charge < -0.3 is 24.2 Å². The summed E-state index contributed by atoms with van der Waals surface area (Å²) in [7, 11) is 3.80. The van der Waals surface area contributed by atoms with Gasteiger partial charge >= 0.3 is 0 Å². The van der Waals surface area contributed by atoms with E-state index < -0.39 is 35.3 Å². The minimum absolute atomic E-state index is 0.414. The fraction of sp³-hybridized carbons (Fsp3) is 0.611. The monoisotopic (exact) mass is 373 g/mol. The lowest BCUT2D eigenvalue weighted by Crippen LogP contribution is -2.32. The Balaban J connectivity index is 1.57. The summed E-state index contributed by atoms with van der Waals surface area (Å²) in [5, 5.41) is 14.9. The molecule has 2 saturated heterocycles. The third-order valence-electron chi connectivity index (χ3n) is 5.68. The first-order valence-corrected chi connectivity index (χ1v) is 8.97. The fourth-order valence-corrected chi connectivity index (χ4v) is 4.45. The summed E-state index contributed by atoms with van der Waals surface area (Å²) in [5.74, 6) is -0.216. The Morgan fingerprint density at radius 3 is 2.78 bits per heavy atom. The van der Waals surface area contributed by atoms with Crippen molar-refractivity contribution in [1.82, 2.24) is 19.5 Å². The largest absolute Gasteiger partial charge is 0.387 e. The molecule has 2 unspecified atom stereocenters. The molecule has 2 aromatic rings. The number of fused-ring (bicyclic) bond motifs is 1. The molecule has 1 spiro atoms. The van der Waals surface area contributed by atoms with Crippen molar-refractivity contribution in [3.8, 4) is 0 Å². The second kappa shape index (κ2) is 5.05. The Kier molecular flexibility index (Phi) is 3.19. The standard InChI is InChI=1S/C18H23N5O4/c1-16(2)26-13-12(25-17(3)15(24)18(13,17)27-16)10-6-7-11-14(20-9-22(4)5)19-8-21-23(10)11/h6-9,12-13,15,24H,1-5H3/t12-,13-,15?,17+,18?/m0/s1. The molecule has 0 amide bonds. The smallest absolute Gasteiger partial charge is 0.181 e. The van der Waals surface area contributed by atoms with E-state index >= 15 is 0 Å². The van der Waals surface area contributed by atoms with Crippen molar-refractivity contribution in [3.63, 3.8) is 0 Å². The van der Waals surface area contributed by atoms with E-state index in [1.165, 1.54) is 6.33 Å². The van der Waals surface area contributed by atoms with Gasteiger partial charge in [-0.05, 0) is 32.9 Å². The lowest BCUT2D eigenvalue weighted by Gasteiger charge is -2.24. The van der Waals surface area contributed by atoms with Crippen LogP contribution in [0.3, 0.4) is 0 Å². The molecule has 1 N–H and O–H groups in total. The molecule has 9 heteroatoms. The Bertz CT molecular complexity index is 956. The van der Waals surface area contributed by atoms with E-state index in [0.29, 0.717) is 5.82 Å². The Morgan fingerprint density at radius 2 is 2.04 bits per heavy atom. The maximum absolute atomic E-state index is 10.5. The first-order valence-electron chi connectivity index (χ1n) is 8.97. The van der Waals surface area contributed by atoms with Gasteiger partial charge in [0, 0.05) is 14.1 Å². The summed E-state index contributed by atoms with van der Waals surface area (Å²) >= 11 is 0. The van der Waals surface area contributed by atoms with Crippen LogP contribution < -0.4 is 0 Å². The van der Waals surface area contributed by atoms with Crippen LogP contribution in [0, 0.1) is 0 Å². The molecule has 144 valence electrons. The Labute approximate surface area is 156 Å². The number of nitrogens with zero attached hydrogens (tertiary/aromatic N) is 5. The summed E-state index contributed by atoms with van der Waals surface area (Å²) in [6.45, 7) is 5.58. The van der Waals surface area contributed by atoms with E-state index in [9.17, 15) is 5.11 Å². The molecule has 2 aliphatic heterocycles. The van der Waals surface area contributed by atoms with Gasteiger partial charge in [-0.15, -0.1) is 0 Å². The van der Waals surface area contributed by atoms with Crippen LogP contribution >= 0.6 is 0 Å². The van der Waals surface area contributed by atoms with Crippen molar-refractivity contribution in [3.05, 3.63) is 24.2 Å². The second-order valence-electron chi connectivity index (χ2n) is 8.23. The molecule has 2 aromatic heterocycles. The lowest BCUT2D eigenvalue weighted by atomic mass is 10.0. The molecule has 1 saturated carbocycles. The number of aliphatic hydroxyl groups excluding tert-OH is 1. The van der Waals surface area contributed by atoms with E-state index in [1.54, 1.807) is 10.9 Å². The van der Waals surface area contributed by atoms with Gasteiger partial charge in [0.05, 0.1) is 12.0 Å². The third kappa shape index (κ3) is 2.05. The molecule has 5 rings (SSSR count). The maximum atomic E-state index is 10.5. The van der Waals surface area contributed by atoms with Gasteiger partial charge in [-0.2, -0.15) is 5.10 Å². The molecule has 0 bridgehead atoms. The van der Waals surface area contributed by atoms with Crippen LogP contribution in [0.1, 0.15) is 32.6 Å². The van der Waals surface area contributed by atoms with Gasteiger partial charge in [0.2, 0.25) is 0 Å². The summed E-state index contributed by atoms with van der Waals surface area (Å²) in [4.78, 5) is 10.5. The van der Waals surface area contributed by atoms with Gasteiger partial charge in [-0.3, -0.25) is 0 Å². The highest BCUT2D eigenvalue weighted by molar-refractivity contribution is 5.71. The normalized spacial score (nSPS) is 39.1. The van der Waals surface area contributed by atoms with E-state index in [4.69, 9.17) is 14.2 Å². The van der Waals surface area contributed by atoms with Gasteiger partial charge in [0.1, 0.15) is 35.8 Å². The number of hydrogen-bond donors (Lipinski definition) is 1. The van der Waals surface area contributed by atoms with Crippen LogP contribution in [0.25, 0.3) is 5.52 Å². The van der Waals surface area contributed by atoms with Crippen molar-refractivity contribution in [1.29, 1.82) is 0 Å². The van der Waals surface area contributed by atoms with Crippen LogP contribution in [0.2, 0.25) is 0 Å². The quantitative estimate of drug-likeness (QED) is 0.635. The van der Waals surface area contributed by atoms with Gasteiger partial charge in [0.25, 0.3) is 0 Å². The highest BCUT2D eigenvalue weighted by Gasteiger charge is 2.90. The zero-order valence-corrected chi connectivity index (χ0v) is 15.9. The number of ether oxygens (including phenoxy) is 3. The molecule has 1 aliphatic carbocycles. The summed E-state index contributed by atoms with van der Waals surface area (Å²) in [6, 6.07) is 3.85. The molecule has 9 nitrogen and oxygen atoms in total. The van der Waals surface area contributed by atoms with E-state index in [2.05, 4.69) is 15.1 Å². The molecule has 3 aliphatic rings. The summed E-state index contributed by atoms with van der Waals surface area (Å²) in [6.07, 6.45) is 1.61. The van der Waals surface area contributed by atoms with E-state index in [1.807, 2.05) is 51.9 Å². The molecule has 3 fully saturated rings. The van der Waals surface area contributed by atoms with Gasteiger partial charge in [-0.25, -0.2) is 14.5 Å². The first kappa shape index (κ1) is 17.1. The maximum Gasteiger partial charge on any atom is 0.181 e. The molecule has 5 atom stereocenters. The third-order valence-corrected chi connectivity index (χ3v) is 5.68. The van der Waals surface area contributed by atoms with Gasteiger partial charge in [-0.1, -0.05) is 0 Å². The number of rotatable bonds is 3. The Hall–Kier alpha value is -2.07. The predicted octanol–water partition coefficient (Wildman–Crippen LogP) is 1.05. The minimum Gasteiger partial charge on any atom is -0.387 e. The minimum atomic E-state index is -0.843. The van der Waals surface area contributed by atoms with Crippen molar-refractivity contribution in [2.75, 3.05) is 14.1 Å². The molecule has 4 heterocycles. The van der Waals surface area contributed by atoms with E-state index in [0.717, 1.165) is 11.2 Å². The SMILES string of the molecule is CN(C)C=Nc1ncnn2c([C@@H]3O[C@]4(C)C(O)C45OC(C)(C)O[C@@H]35)ccc12. The van der Waals surface area contributed by atoms with Crippen LogP contribution in [0.15, 0.2) is 23.5 Å². The van der Waals surface area contributed by atoms with Crippen LogP contribution in [-0.2, 0) is 14.2 Å². The zero-order valence-electron chi connectivity index (χ0n) is 15.9.